The number of aryl methyl sites for hydroxylation is 1. The molecule has 0 aliphatic carbocycles. The molecule has 146 valence electrons. The summed E-state index contributed by atoms with van der Waals surface area (Å²) in [5, 5.41) is 0. The van der Waals surface area contributed by atoms with Crippen LogP contribution in [0.3, 0.4) is 0 Å². The van der Waals surface area contributed by atoms with Crippen LogP contribution in [-0.4, -0.2) is 58.9 Å². The number of hydrogen-bond donors (Lipinski definition) is 0. The predicted molar refractivity (Wildman–Crippen MR) is 107 cm³/mol. The van der Waals surface area contributed by atoms with E-state index in [1.165, 1.54) is 0 Å². The first kappa shape index (κ1) is 19.5. The number of piperazine rings is 1. The van der Waals surface area contributed by atoms with Gasteiger partial charge < -0.3 is 14.4 Å². The van der Waals surface area contributed by atoms with Crippen molar-refractivity contribution in [3.05, 3.63) is 54.1 Å². The number of ether oxygens (including phenoxy) is 2. The van der Waals surface area contributed by atoms with Crippen LogP contribution < -0.4 is 14.4 Å². The number of sulfonamides is 1. The third-order valence-corrected chi connectivity index (χ3v) is 6.72. The summed E-state index contributed by atoms with van der Waals surface area (Å²) in [5.74, 6) is 1.65. The summed E-state index contributed by atoms with van der Waals surface area (Å²) < 4.78 is 37.7. The molecule has 0 aromatic heterocycles. The fourth-order valence-corrected chi connectivity index (χ4v) is 4.74. The molecule has 0 radical (unpaired) electrons. The lowest BCUT2D eigenvalue weighted by atomic mass is 10.2. The highest BCUT2D eigenvalue weighted by atomic mass is 32.2. The molecular formula is C20H26N2O4S. The maximum absolute atomic E-state index is 12.7. The quantitative estimate of drug-likeness (QED) is 0.727. The maximum Gasteiger partial charge on any atom is 0.214 e. The summed E-state index contributed by atoms with van der Waals surface area (Å²) in [6.45, 7) is 2.18. The molecule has 2 aromatic rings. The van der Waals surface area contributed by atoms with Crippen LogP contribution in [-0.2, 0) is 16.4 Å². The largest absolute Gasteiger partial charge is 0.497 e. The molecule has 1 aliphatic heterocycles. The second-order valence-corrected chi connectivity index (χ2v) is 8.56. The summed E-state index contributed by atoms with van der Waals surface area (Å²) in [4.78, 5) is 2.14. The van der Waals surface area contributed by atoms with Gasteiger partial charge in [-0.15, -0.1) is 0 Å². The first-order chi connectivity index (χ1) is 13.0. The van der Waals surface area contributed by atoms with Gasteiger partial charge in [0, 0.05) is 32.2 Å². The van der Waals surface area contributed by atoms with Gasteiger partial charge >= 0.3 is 0 Å². The Morgan fingerprint density at radius 3 is 2.26 bits per heavy atom. The van der Waals surface area contributed by atoms with Gasteiger partial charge in [-0.05, 0) is 24.1 Å². The molecule has 1 fully saturated rings. The van der Waals surface area contributed by atoms with E-state index in [0.717, 1.165) is 22.7 Å². The average molecular weight is 391 g/mol. The fraction of sp³-hybridized carbons (Fsp3) is 0.400. The predicted octanol–water partition coefficient (Wildman–Crippen LogP) is 2.40. The van der Waals surface area contributed by atoms with Gasteiger partial charge in [-0.25, -0.2) is 8.42 Å². The number of benzene rings is 2. The average Bonchev–Trinajstić information content (AvgIpc) is 2.72. The fourth-order valence-electron chi connectivity index (χ4n) is 3.27. The van der Waals surface area contributed by atoms with Crippen LogP contribution in [0.5, 0.6) is 11.5 Å². The van der Waals surface area contributed by atoms with Crippen molar-refractivity contribution in [1.82, 2.24) is 4.31 Å². The van der Waals surface area contributed by atoms with Gasteiger partial charge in [0.1, 0.15) is 11.5 Å². The van der Waals surface area contributed by atoms with E-state index in [2.05, 4.69) is 4.90 Å². The van der Waals surface area contributed by atoms with E-state index >= 15 is 0 Å². The van der Waals surface area contributed by atoms with Crippen molar-refractivity contribution in [2.75, 3.05) is 51.1 Å². The first-order valence-corrected chi connectivity index (χ1v) is 10.6. The zero-order valence-corrected chi connectivity index (χ0v) is 16.6. The van der Waals surface area contributed by atoms with E-state index < -0.39 is 10.0 Å². The van der Waals surface area contributed by atoms with Crippen molar-refractivity contribution in [2.45, 2.75) is 6.42 Å². The molecule has 0 spiro atoms. The van der Waals surface area contributed by atoms with Crippen LogP contribution in [0.1, 0.15) is 5.56 Å². The standard InChI is InChI=1S/C20H26N2O4S/c1-25-18-8-9-20(26-2)19(16-18)21-11-13-22(14-12-21)27(23,24)15-10-17-6-4-3-5-7-17/h3-9,16H,10-15H2,1-2H3. The van der Waals surface area contributed by atoms with E-state index in [1.54, 1.807) is 18.5 Å². The second kappa shape index (κ2) is 8.63. The molecule has 1 aliphatic rings. The van der Waals surface area contributed by atoms with Crippen molar-refractivity contribution >= 4 is 15.7 Å². The third-order valence-electron chi connectivity index (χ3n) is 4.85. The van der Waals surface area contributed by atoms with Crippen LogP contribution in [0.4, 0.5) is 5.69 Å². The molecule has 0 N–H and O–H groups in total. The molecule has 0 atom stereocenters. The monoisotopic (exact) mass is 390 g/mol. The van der Waals surface area contributed by atoms with Gasteiger partial charge in [-0.3, -0.25) is 0 Å². The second-order valence-electron chi connectivity index (χ2n) is 6.48. The van der Waals surface area contributed by atoms with Crippen LogP contribution in [0.25, 0.3) is 0 Å². The molecule has 3 rings (SSSR count). The Kier molecular flexibility index (Phi) is 6.23. The van der Waals surface area contributed by atoms with Crippen molar-refractivity contribution in [1.29, 1.82) is 0 Å². The van der Waals surface area contributed by atoms with Gasteiger partial charge in [-0.2, -0.15) is 4.31 Å². The van der Waals surface area contributed by atoms with Gasteiger partial charge in [0.2, 0.25) is 10.0 Å². The Hall–Kier alpha value is -2.25. The van der Waals surface area contributed by atoms with Crippen molar-refractivity contribution in [3.63, 3.8) is 0 Å². The normalized spacial score (nSPS) is 15.6. The van der Waals surface area contributed by atoms with Crippen molar-refractivity contribution in [2.24, 2.45) is 0 Å². The minimum absolute atomic E-state index is 0.138. The van der Waals surface area contributed by atoms with Crippen LogP contribution in [0, 0.1) is 0 Å². The molecule has 0 unspecified atom stereocenters. The molecular weight excluding hydrogens is 364 g/mol. The van der Waals surface area contributed by atoms with Gasteiger partial charge in [0.05, 0.1) is 25.7 Å². The summed E-state index contributed by atoms with van der Waals surface area (Å²) >= 11 is 0. The first-order valence-electron chi connectivity index (χ1n) is 9.02. The number of methoxy groups -OCH3 is 2. The Morgan fingerprint density at radius 2 is 1.63 bits per heavy atom. The molecule has 0 saturated carbocycles. The molecule has 0 bridgehead atoms. The Bertz CT molecular complexity index is 848. The van der Waals surface area contributed by atoms with E-state index in [-0.39, 0.29) is 5.75 Å². The zero-order chi connectivity index (χ0) is 19.3. The highest BCUT2D eigenvalue weighted by Crippen LogP contribution is 2.33. The number of rotatable bonds is 7. The van der Waals surface area contributed by atoms with Crippen LogP contribution in [0.2, 0.25) is 0 Å². The van der Waals surface area contributed by atoms with Gasteiger partial charge in [0.25, 0.3) is 0 Å². The molecule has 2 aromatic carbocycles. The molecule has 1 heterocycles. The van der Waals surface area contributed by atoms with Gasteiger partial charge in [-0.1, -0.05) is 30.3 Å². The van der Waals surface area contributed by atoms with Crippen LogP contribution >= 0.6 is 0 Å². The van der Waals surface area contributed by atoms with E-state index in [1.807, 2.05) is 48.5 Å². The Morgan fingerprint density at radius 1 is 0.926 bits per heavy atom. The third kappa shape index (κ3) is 4.73. The minimum Gasteiger partial charge on any atom is -0.497 e. The van der Waals surface area contributed by atoms with E-state index in [0.29, 0.717) is 32.6 Å². The summed E-state index contributed by atoms with van der Waals surface area (Å²) in [6, 6.07) is 15.4. The van der Waals surface area contributed by atoms with E-state index in [4.69, 9.17) is 9.47 Å². The lowest BCUT2D eigenvalue weighted by molar-refractivity contribution is 0.376. The SMILES string of the molecule is COc1ccc(OC)c(N2CCN(S(=O)(=O)CCc3ccccc3)CC2)c1. The molecule has 0 amide bonds. The lowest BCUT2D eigenvalue weighted by Gasteiger charge is -2.36. The van der Waals surface area contributed by atoms with Crippen molar-refractivity contribution in [3.8, 4) is 11.5 Å². The Labute approximate surface area is 161 Å². The highest BCUT2D eigenvalue weighted by molar-refractivity contribution is 7.89. The Balaban J connectivity index is 1.63. The number of nitrogens with zero attached hydrogens (tertiary/aromatic N) is 2. The molecule has 1 saturated heterocycles. The maximum atomic E-state index is 12.7. The number of hydrogen-bond acceptors (Lipinski definition) is 5. The molecule has 7 heteroatoms. The summed E-state index contributed by atoms with van der Waals surface area (Å²) in [5.41, 5.74) is 1.97. The van der Waals surface area contributed by atoms with Crippen molar-refractivity contribution < 1.29 is 17.9 Å². The summed E-state index contributed by atoms with van der Waals surface area (Å²) in [6.07, 6.45) is 0.535. The van der Waals surface area contributed by atoms with Crippen LogP contribution in [0.15, 0.2) is 48.5 Å². The van der Waals surface area contributed by atoms with E-state index in [9.17, 15) is 8.42 Å². The number of anilines is 1. The molecule has 6 nitrogen and oxygen atoms in total. The zero-order valence-electron chi connectivity index (χ0n) is 15.8. The lowest BCUT2D eigenvalue weighted by Crippen LogP contribution is -2.49. The highest BCUT2D eigenvalue weighted by Gasteiger charge is 2.28. The van der Waals surface area contributed by atoms with Gasteiger partial charge in [0.15, 0.2) is 0 Å². The minimum atomic E-state index is -3.26. The smallest absolute Gasteiger partial charge is 0.214 e. The topological polar surface area (TPSA) is 59.1 Å². The molecule has 27 heavy (non-hydrogen) atoms. The summed E-state index contributed by atoms with van der Waals surface area (Å²) in [7, 11) is -0.00259.